The van der Waals surface area contributed by atoms with E-state index in [1.807, 2.05) is 42.5 Å². The van der Waals surface area contributed by atoms with Crippen molar-refractivity contribution < 1.29 is 9.53 Å². The Morgan fingerprint density at radius 1 is 1.10 bits per heavy atom. The van der Waals surface area contributed by atoms with Crippen LogP contribution >= 0.6 is 0 Å². The molecule has 29 heavy (non-hydrogen) atoms. The number of piperazine rings is 1. The maximum absolute atomic E-state index is 12.5. The summed E-state index contributed by atoms with van der Waals surface area (Å²) >= 11 is 0. The smallest absolute Gasteiger partial charge is 0.257 e. The predicted molar refractivity (Wildman–Crippen MR) is 115 cm³/mol. The molecular weight excluding hydrogens is 364 g/mol. The quantitative estimate of drug-likeness (QED) is 0.700. The SMILES string of the molecule is COc1ccc(NC(=O)c2ccc(N3CCN[C@@H](c4ccccc4)C3)nc2)cc1. The summed E-state index contributed by atoms with van der Waals surface area (Å²) in [6.45, 7) is 2.61. The van der Waals surface area contributed by atoms with Gasteiger partial charge in [-0.1, -0.05) is 30.3 Å². The van der Waals surface area contributed by atoms with Gasteiger partial charge in [-0.05, 0) is 42.0 Å². The van der Waals surface area contributed by atoms with Crippen molar-refractivity contribution >= 4 is 17.4 Å². The Kier molecular flexibility index (Phi) is 5.72. The average Bonchev–Trinajstić information content (AvgIpc) is 2.80. The Morgan fingerprint density at radius 3 is 2.59 bits per heavy atom. The number of rotatable bonds is 5. The standard InChI is InChI=1S/C23H24N4O2/c1-29-20-10-8-19(9-11-20)26-23(28)18-7-12-22(25-15-18)27-14-13-24-21(16-27)17-5-3-2-4-6-17/h2-12,15,21,24H,13-14,16H2,1H3,(H,26,28)/t21-/m1/s1. The maximum Gasteiger partial charge on any atom is 0.257 e. The van der Waals surface area contributed by atoms with Crippen LogP contribution in [0.5, 0.6) is 5.75 Å². The Morgan fingerprint density at radius 2 is 1.90 bits per heavy atom. The first-order valence-corrected chi connectivity index (χ1v) is 9.67. The van der Waals surface area contributed by atoms with Crippen LogP contribution in [0.15, 0.2) is 72.9 Å². The first-order valence-electron chi connectivity index (χ1n) is 9.67. The summed E-state index contributed by atoms with van der Waals surface area (Å²) in [5.41, 5.74) is 2.51. The van der Waals surface area contributed by atoms with Gasteiger partial charge in [0.2, 0.25) is 0 Å². The zero-order chi connectivity index (χ0) is 20.1. The third-order valence-corrected chi connectivity index (χ3v) is 5.06. The number of hydrogen-bond donors (Lipinski definition) is 2. The molecule has 0 aliphatic carbocycles. The van der Waals surface area contributed by atoms with Crippen LogP contribution in [-0.4, -0.2) is 37.6 Å². The fourth-order valence-corrected chi connectivity index (χ4v) is 3.45. The lowest BCUT2D eigenvalue weighted by atomic mass is 10.0. The van der Waals surface area contributed by atoms with Gasteiger partial charge in [-0.2, -0.15) is 0 Å². The van der Waals surface area contributed by atoms with Crippen molar-refractivity contribution in [2.24, 2.45) is 0 Å². The van der Waals surface area contributed by atoms with Crippen molar-refractivity contribution in [3.05, 3.63) is 84.1 Å². The number of pyridine rings is 1. The highest BCUT2D eigenvalue weighted by Crippen LogP contribution is 2.21. The Bertz CT molecular complexity index is 943. The van der Waals surface area contributed by atoms with Crippen molar-refractivity contribution in [1.29, 1.82) is 0 Å². The lowest BCUT2D eigenvalue weighted by molar-refractivity contribution is 0.102. The summed E-state index contributed by atoms with van der Waals surface area (Å²) in [6.07, 6.45) is 1.63. The second-order valence-corrected chi connectivity index (χ2v) is 6.95. The van der Waals surface area contributed by atoms with E-state index in [2.05, 4.69) is 44.8 Å². The van der Waals surface area contributed by atoms with E-state index in [1.165, 1.54) is 5.56 Å². The molecule has 0 unspecified atom stereocenters. The molecule has 1 aliphatic heterocycles. The van der Waals surface area contributed by atoms with Gasteiger partial charge < -0.3 is 20.3 Å². The van der Waals surface area contributed by atoms with Crippen LogP contribution in [0.3, 0.4) is 0 Å². The summed E-state index contributed by atoms with van der Waals surface area (Å²) in [6, 6.07) is 21.7. The van der Waals surface area contributed by atoms with Gasteiger partial charge in [0.25, 0.3) is 5.91 Å². The molecule has 2 N–H and O–H groups in total. The van der Waals surface area contributed by atoms with Gasteiger partial charge in [0, 0.05) is 37.6 Å². The predicted octanol–water partition coefficient (Wildman–Crippen LogP) is 3.49. The number of methoxy groups -OCH3 is 1. The van der Waals surface area contributed by atoms with E-state index in [9.17, 15) is 4.79 Å². The molecule has 1 fully saturated rings. The summed E-state index contributed by atoms with van der Waals surface area (Å²) in [7, 11) is 1.61. The summed E-state index contributed by atoms with van der Waals surface area (Å²) < 4.78 is 5.13. The minimum atomic E-state index is -0.184. The molecule has 1 saturated heterocycles. The molecule has 0 saturated carbocycles. The van der Waals surface area contributed by atoms with Crippen molar-refractivity contribution in [3.63, 3.8) is 0 Å². The lowest BCUT2D eigenvalue weighted by Gasteiger charge is -2.34. The zero-order valence-electron chi connectivity index (χ0n) is 16.3. The number of amides is 1. The molecule has 4 rings (SSSR count). The van der Waals surface area contributed by atoms with E-state index in [-0.39, 0.29) is 11.9 Å². The second kappa shape index (κ2) is 8.75. The molecule has 0 spiro atoms. The van der Waals surface area contributed by atoms with Gasteiger partial charge in [0.05, 0.1) is 12.7 Å². The Hall–Kier alpha value is -3.38. The van der Waals surface area contributed by atoms with Crippen LogP contribution in [0, 0.1) is 0 Å². The minimum absolute atomic E-state index is 0.184. The number of benzene rings is 2. The monoisotopic (exact) mass is 388 g/mol. The van der Waals surface area contributed by atoms with Gasteiger partial charge in [-0.25, -0.2) is 4.98 Å². The Labute approximate surface area is 170 Å². The molecule has 2 aromatic carbocycles. The number of hydrogen-bond acceptors (Lipinski definition) is 5. The van der Waals surface area contributed by atoms with E-state index in [1.54, 1.807) is 13.3 Å². The molecule has 1 atom stereocenters. The van der Waals surface area contributed by atoms with Crippen LogP contribution in [-0.2, 0) is 0 Å². The fourth-order valence-electron chi connectivity index (χ4n) is 3.45. The number of anilines is 2. The lowest BCUT2D eigenvalue weighted by Crippen LogP contribution is -2.46. The fraction of sp³-hybridized carbons (Fsp3) is 0.217. The largest absolute Gasteiger partial charge is 0.497 e. The third-order valence-electron chi connectivity index (χ3n) is 5.06. The third kappa shape index (κ3) is 4.55. The van der Waals surface area contributed by atoms with Gasteiger partial charge in [-0.3, -0.25) is 4.79 Å². The molecule has 148 valence electrons. The number of ether oxygens (including phenoxy) is 1. The number of carbonyl (C=O) groups is 1. The van der Waals surface area contributed by atoms with Crippen LogP contribution < -0.4 is 20.3 Å². The second-order valence-electron chi connectivity index (χ2n) is 6.95. The molecule has 6 heteroatoms. The first-order chi connectivity index (χ1) is 14.2. The summed E-state index contributed by atoms with van der Waals surface area (Å²) in [4.78, 5) is 19.3. The number of nitrogens with zero attached hydrogens (tertiary/aromatic N) is 2. The molecule has 6 nitrogen and oxygen atoms in total. The zero-order valence-corrected chi connectivity index (χ0v) is 16.3. The highest BCUT2D eigenvalue weighted by atomic mass is 16.5. The molecule has 0 bridgehead atoms. The van der Waals surface area contributed by atoms with Crippen LogP contribution in [0.4, 0.5) is 11.5 Å². The normalized spacial score (nSPS) is 16.3. The number of carbonyl (C=O) groups excluding carboxylic acids is 1. The van der Waals surface area contributed by atoms with E-state index in [0.29, 0.717) is 11.3 Å². The number of aromatic nitrogens is 1. The summed E-state index contributed by atoms with van der Waals surface area (Å²) in [5, 5.41) is 6.44. The van der Waals surface area contributed by atoms with E-state index >= 15 is 0 Å². The minimum Gasteiger partial charge on any atom is -0.497 e. The average molecular weight is 388 g/mol. The maximum atomic E-state index is 12.5. The molecule has 1 aromatic heterocycles. The molecule has 1 amide bonds. The highest BCUT2D eigenvalue weighted by molar-refractivity contribution is 6.04. The van der Waals surface area contributed by atoms with Crippen molar-refractivity contribution in [2.75, 3.05) is 37.0 Å². The molecular formula is C23H24N4O2. The molecule has 3 aromatic rings. The van der Waals surface area contributed by atoms with Gasteiger partial charge in [0.15, 0.2) is 0 Å². The van der Waals surface area contributed by atoms with E-state index in [0.717, 1.165) is 31.2 Å². The van der Waals surface area contributed by atoms with E-state index in [4.69, 9.17) is 4.74 Å². The van der Waals surface area contributed by atoms with Crippen LogP contribution in [0.2, 0.25) is 0 Å². The van der Waals surface area contributed by atoms with Crippen molar-refractivity contribution in [3.8, 4) is 5.75 Å². The van der Waals surface area contributed by atoms with Crippen LogP contribution in [0.25, 0.3) is 0 Å². The van der Waals surface area contributed by atoms with Crippen molar-refractivity contribution in [2.45, 2.75) is 6.04 Å². The van der Waals surface area contributed by atoms with Crippen molar-refractivity contribution in [1.82, 2.24) is 10.3 Å². The van der Waals surface area contributed by atoms with E-state index < -0.39 is 0 Å². The Balaban J connectivity index is 1.41. The molecule has 0 radical (unpaired) electrons. The first kappa shape index (κ1) is 19.0. The van der Waals surface area contributed by atoms with Gasteiger partial charge in [0.1, 0.15) is 11.6 Å². The van der Waals surface area contributed by atoms with Crippen LogP contribution in [0.1, 0.15) is 22.0 Å². The highest BCUT2D eigenvalue weighted by Gasteiger charge is 2.21. The summed E-state index contributed by atoms with van der Waals surface area (Å²) in [5.74, 6) is 1.45. The molecule has 1 aliphatic rings. The number of nitrogens with one attached hydrogen (secondary N) is 2. The molecule has 2 heterocycles. The van der Waals surface area contributed by atoms with Gasteiger partial charge in [-0.15, -0.1) is 0 Å². The topological polar surface area (TPSA) is 66.5 Å². The van der Waals surface area contributed by atoms with Gasteiger partial charge >= 0.3 is 0 Å².